The van der Waals surface area contributed by atoms with E-state index in [0.29, 0.717) is 16.3 Å². The smallest absolute Gasteiger partial charge is 0.262 e. The van der Waals surface area contributed by atoms with Crippen molar-refractivity contribution in [1.29, 1.82) is 0 Å². The molecule has 0 spiro atoms. The monoisotopic (exact) mass is 342 g/mol. The quantitative estimate of drug-likeness (QED) is 0.863. The van der Waals surface area contributed by atoms with Crippen molar-refractivity contribution < 1.29 is 13.6 Å². The molecule has 3 rings (SSSR count). The molecule has 0 unspecified atom stereocenters. The van der Waals surface area contributed by atoms with E-state index in [2.05, 4.69) is 26.2 Å². The third-order valence-corrected chi connectivity index (χ3v) is 3.75. The van der Waals surface area contributed by atoms with Crippen LogP contribution in [0.3, 0.4) is 0 Å². The van der Waals surface area contributed by atoms with Gasteiger partial charge in [-0.05, 0) is 34.2 Å². The van der Waals surface area contributed by atoms with Gasteiger partial charge in [-0.1, -0.05) is 11.6 Å². The SMILES string of the molecule is O=C(NCc1cc(Cl)ccc1-n1cnnn1)[C@@H]1CC(F)(F)CN1. The van der Waals surface area contributed by atoms with Gasteiger partial charge in [0.25, 0.3) is 5.92 Å². The van der Waals surface area contributed by atoms with E-state index in [1.165, 1.54) is 11.0 Å². The molecule has 7 nitrogen and oxygen atoms in total. The third kappa shape index (κ3) is 3.62. The number of hydrogen-bond acceptors (Lipinski definition) is 5. The number of carbonyl (C=O) groups excluding carboxylic acids is 1. The van der Waals surface area contributed by atoms with Gasteiger partial charge in [-0.15, -0.1) is 5.10 Å². The molecular weight excluding hydrogens is 330 g/mol. The summed E-state index contributed by atoms with van der Waals surface area (Å²) >= 11 is 5.97. The number of alkyl halides is 2. The van der Waals surface area contributed by atoms with E-state index in [0.717, 1.165) is 0 Å². The van der Waals surface area contributed by atoms with Crippen LogP contribution in [0.2, 0.25) is 5.02 Å². The fourth-order valence-corrected chi connectivity index (χ4v) is 2.59. The summed E-state index contributed by atoms with van der Waals surface area (Å²) in [5.74, 6) is -3.33. The number of rotatable bonds is 4. The van der Waals surface area contributed by atoms with E-state index in [4.69, 9.17) is 11.6 Å². The summed E-state index contributed by atoms with van der Waals surface area (Å²) in [6.07, 6.45) is 0.905. The van der Waals surface area contributed by atoms with Gasteiger partial charge >= 0.3 is 0 Å². The Kier molecular flexibility index (Phi) is 4.22. The number of tetrazole rings is 1. The second-order valence-electron chi connectivity index (χ2n) is 5.24. The largest absolute Gasteiger partial charge is 0.351 e. The number of nitrogens with zero attached hydrogens (tertiary/aromatic N) is 4. The van der Waals surface area contributed by atoms with Crippen LogP contribution in [0.15, 0.2) is 24.5 Å². The van der Waals surface area contributed by atoms with Crippen LogP contribution in [0.5, 0.6) is 0 Å². The molecule has 10 heteroatoms. The van der Waals surface area contributed by atoms with Crippen molar-refractivity contribution in [2.45, 2.75) is 24.9 Å². The Morgan fingerprint density at radius 1 is 1.52 bits per heavy atom. The first-order chi connectivity index (χ1) is 10.9. The number of carbonyl (C=O) groups is 1. The molecule has 0 bridgehead atoms. The van der Waals surface area contributed by atoms with Crippen LogP contribution in [0, 0.1) is 0 Å². The highest BCUT2D eigenvalue weighted by molar-refractivity contribution is 6.30. The Balaban J connectivity index is 1.71. The van der Waals surface area contributed by atoms with Gasteiger partial charge in [0.2, 0.25) is 5.91 Å². The second-order valence-corrected chi connectivity index (χ2v) is 5.68. The highest BCUT2D eigenvalue weighted by Crippen LogP contribution is 2.25. The predicted octanol–water partition coefficient (Wildman–Crippen LogP) is 0.929. The van der Waals surface area contributed by atoms with Gasteiger partial charge < -0.3 is 5.32 Å². The van der Waals surface area contributed by atoms with Crippen LogP contribution >= 0.6 is 11.6 Å². The summed E-state index contributed by atoms with van der Waals surface area (Å²) in [6, 6.07) is 4.14. The molecule has 1 atom stereocenters. The summed E-state index contributed by atoms with van der Waals surface area (Å²) in [6.45, 7) is -0.365. The minimum Gasteiger partial charge on any atom is -0.351 e. The summed E-state index contributed by atoms with van der Waals surface area (Å²) in [4.78, 5) is 12.0. The van der Waals surface area contributed by atoms with Gasteiger partial charge in [-0.3, -0.25) is 10.1 Å². The van der Waals surface area contributed by atoms with E-state index in [-0.39, 0.29) is 6.54 Å². The second kappa shape index (κ2) is 6.17. The lowest BCUT2D eigenvalue weighted by Crippen LogP contribution is -2.40. The molecule has 23 heavy (non-hydrogen) atoms. The Morgan fingerprint density at radius 2 is 2.35 bits per heavy atom. The minimum atomic E-state index is -2.85. The first-order valence-corrected chi connectivity index (χ1v) is 7.23. The van der Waals surface area contributed by atoms with E-state index in [1.54, 1.807) is 18.2 Å². The number of aromatic nitrogens is 4. The lowest BCUT2D eigenvalue weighted by atomic mass is 10.1. The van der Waals surface area contributed by atoms with Crippen LogP contribution in [-0.2, 0) is 11.3 Å². The number of nitrogens with one attached hydrogen (secondary N) is 2. The predicted molar refractivity (Wildman–Crippen MR) is 77.4 cm³/mol. The topological polar surface area (TPSA) is 84.7 Å². The summed E-state index contributed by atoms with van der Waals surface area (Å²) in [5.41, 5.74) is 1.31. The van der Waals surface area contributed by atoms with Crippen molar-refractivity contribution >= 4 is 17.5 Å². The Bertz CT molecular complexity index is 708. The molecule has 1 amide bonds. The lowest BCUT2D eigenvalue weighted by Gasteiger charge is -2.13. The summed E-state index contributed by atoms with van der Waals surface area (Å²) in [5, 5.41) is 16.5. The molecule has 1 aromatic heterocycles. The lowest BCUT2D eigenvalue weighted by molar-refractivity contribution is -0.123. The van der Waals surface area contributed by atoms with Crippen molar-refractivity contribution in [3.63, 3.8) is 0 Å². The van der Waals surface area contributed by atoms with Crippen molar-refractivity contribution in [2.24, 2.45) is 0 Å². The number of benzene rings is 1. The molecule has 1 aromatic carbocycles. The maximum Gasteiger partial charge on any atom is 0.262 e. The number of hydrogen-bond donors (Lipinski definition) is 2. The summed E-state index contributed by atoms with van der Waals surface area (Å²) in [7, 11) is 0. The van der Waals surface area contributed by atoms with E-state index >= 15 is 0 Å². The number of amides is 1. The Morgan fingerprint density at radius 3 is 3.00 bits per heavy atom. The molecule has 1 fully saturated rings. The Labute approximate surface area is 135 Å². The number of halogens is 3. The maximum atomic E-state index is 13.1. The van der Waals surface area contributed by atoms with Gasteiger partial charge in [-0.2, -0.15) is 0 Å². The molecule has 1 aliphatic rings. The van der Waals surface area contributed by atoms with Crippen molar-refractivity contribution in [3.05, 3.63) is 35.1 Å². The zero-order chi connectivity index (χ0) is 16.4. The van der Waals surface area contributed by atoms with Gasteiger partial charge in [0.15, 0.2) is 0 Å². The first kappa shape index (κ1) is 15.8. The van der Waals surface area contributed by atoms with Gasteiger partial charge in [-0.25, -0.2) is 13.5 Å². The summed E-state index contributed by atoms with van der Waals surface area (Å²) < 4.78 is 27.7. The zero-order valence-corrected chi connectivity index (χ0v) is 12.6. The highest BCUT2D eigenvalue weighted by atomic mass is 35.5. The van der Waals surface area contributed by atoms with E-state index in [9.17, 15) is 13.6 Å². The molecule has 1 saturated heterocycles. The van der Waals surface area contributed by atoms with Crippen LogP contribution in [0.1, 0.15) is 12.0 Å². The first-order valence-electron chi connectivity index (χ1n) is 6.85. The van der Waals surface area contributed by atoms with Gasteiger partial charge in [0, 0.05) is 18.0 Å². The molecule has 2 heterocycles. The molecule has 2 aromatic rings. The zero-order valence-electron chi connectivity index (χ0n) is 11.8. The molecule has 2 N–H and O–H groups in total. The van der Waals surface area contributed by atoms with E-state index < -0.39 is 30.8 Å². The van der Waals surface area contributed by atoms with Crippen molar-refractivity contribution in [2.75, 3.05) is 6.54 Å². The minimum absolute atomic E-state index is 0.123. The van der Waals surface area contributed by atoms with Gasteiger partial charge in [0.1, 0.15) is 6.33 Å². The Hall–Kier alpha value is -2.13. The van der Waals surface area contributed by atoms with Crippen LogP contribution in [0.25, 0.3) is 5.69 Å². The van der Waals surface area contributed by atoms with Crippen molar-refractivity contribution in [3.8, 4) is 5.69 Å². The average molecular weight is 343 g/mol. The van der Waals surface area contributed by atoms with Gasteiger partial charge in [0.05, 0.1) is 18.3 Å². The molecule has 0 radical (unpaired) electrons. The van der Waals surface area contributed by atoms with E-state index in [1.807, 2.05) is 0 Å². The fourth-order valence-electron chi connectivity index (χ4n) is 2.40. The van der Waals surface area contributed by atoms with Crippen LogP contribution in [-0.4, -0.2) is 44.6 Å². The standard InChI is InChI=1S/C13H13ClF2N6O/c14-9-1-2-11(22-7-19-20-21-22)8(3-9)5-17-12(23)10-4-13(15,16)6-18-10/h1-3,7,10,18H,4-6H2,(H,17,23)/t10-/m0/s1. The fraction of sp³-hybridized carbons (Fsp3) is 0.385. The highest BCUT2D eigenvalue weighted by Gasteiger charge is 2.42. The molecular formula is C13H13ClF2N6O. The molecule has 122 valence electrons. The van der Waals surface area contributed by atoms with Crippen LogP contribution in [0.4, 0.5) is 8.78 Å². The normalized spacial score (nSPS) is 19.7. The molecule has 1 aliphatic heterocycles. The van der Waals surface area contributed by atoms with Crippen molar-refractivity contribution in [1.82, 2.24) is 30.8 Å². The third-order valence-electron chi connectivity index (χ3n) is 3.52. The van der Waals surface area contributed by atoms with Crippen LogP contribution < -0.4 is 10.6 Å². The molecule has 0 aliphatic carbocycles. The average Bonchev–Trinajstić information content (AvgIpc) is 3.14. The maximum absolute atomic E-state index is 13.1. The molecule has 0 saturated carbocycles.